The van der Waals surface area contributed by atoms with Gasteiger partial charge in [-0.2, -0.15) is 0 Å². The first-order valence-electron chi connectivity index (χ1n) is 8.88. The highest BCUT2D eigenvalue weighted by atomic mass is 32.2. The number of aryl methyl sites for hydroxylation is 1. The number of carbonyl (C=O) groups is 1. The number of hydrogen-bond donors (Lipinski definition) is 1. The fourth-order valence-corrected chi connectivity index (χ4v) is 3.25. The molecule has 0 aliphatic rings. The number of carbonyl (C=O) groups excluding carboxylic acids is 1. The number of primary sulfonamides is 1. The smallest absolute Gasteiger partial charge is 0.374 e. The van der Waals surface area contributed by atoms with Crippen LogP contribution in [-0.4, -0.2) is 34.2 Å². The van der Waals surface area contributed by atoms with Gasteiger partial charge in [-0.1, -0.05) is 0 Å². The zero-order valence-electron chi connectivity index (χ0n) is 16.0. The molecule has 0 saturated carbocycles. The normalized spacial score (nSPS) is 11.4. The summed E-state index contributed by atoms with van der Waals surface area (Å²) in [5.74, 6) is 0.665. The Kier molecular flexibility index (Phi) is 6.09. The van der Waals surface area contributed by atoms with Crippen molar-refractivity contribution in [3.05, 3.63) is 53.8 Å². The molecule has 0 unspecified atom stereocenters. The topological polar surface area (TPSA) is 118 Å². The van der Waals surface area contributed by atoms with Crippen molar-refractivity contribution in [2.24, 2.45) is 5.14 Å². The van der Waals surface area contributed by atoms with Crippen LogP contribution in [0.25, 0.3) is 11.0 Å². The van der Waals surface area contributed by atoms with Crippen LogP contribution in [0.15, 0.2) is 51.8 Å². The minimum Gasteiger partial charge on any atom is -0.494 e. The highest BCUT2D eigenvalue weighted by Crippen LogP contribution is 2.29. The molecule has 3 rings (SSSR count). The van der Waals surface area contributed by atoms with Gasteiger partial charge >= 0.3 is 5.97 Å². The summed E-state index contributed by atoms with van der Waals surface area (Å²) in [6.45, 7) is 4.31. The van der Waals surface area contributed by atoms with Gasteiger partial charge in [-0.15, -0.1) is 0 Å². The first kappa shape index (κ1) is 20.7. The minimum atomic E-state index is -3.75. The van der Waals surface area contributed by atoms with Gasteiger partial charge in [0, 0.05) is 10.9 Å². The lowest BCUT2D eigenvalue weighted by Gasteiger charge is -2.07. The Balaban J connectivity index is 1.57. The van der Waals surface area contributed by atoms with Crippen molar-refractivity contribution in [3.8, 4) is 11.5 Å². The summed E-state index contributed by atoms with van der Waals surface area (Å²) in [6.07, 6.45) is 0. The van der Waals surface area contributed by atoms with Crippen LogP contribution < -0.4 is 14.6 Å². The molecule has 0 aliphatic carbocycles. The minimum absolute atomic E-state index is 0.00352. The maximum Gasteiger partial charge on any atom is 0.374 e. The lowest BCUT2D eigenvalue weighted by molar-refractivity contribution is 0.0416. The average molecular weight is 419 g/mol. The van der Waals surface area contributed by atoms with Gasteiger partial charge in [-0.3, -0.25) is 0 Å². The highest BCUT2D eigenvalue weighted by Gasteiger charge is 2.19. The van der Waals surface area contributed by atoms with Crippen LogP contribution in [0.1, 0.15) is 23.0 Å². The third-order valence-electron chi connectivity index (χ3n) is 4.14. The number of ether oxygens (including phenoxy) is 3. The summed E-state index contributed by atoms with van der Waals surface area (Å²) in [4.78, 5) is 12.3. The Morgan fingerprint density at radius 3 is 2.38 bits per heavy atom. The fraction of sp³-hybridized carbons (Fsp3) is 0.250. The Hall–Kier alpha value is -3.04. The van der Waals surface area contributed by atoms with Crippen molar-refractivity contribution in [2.45, 2.75) is 18.7 Å². The molecule has 0 saturated heterocycles. The first-order valence-corrected chi connectivity index (χ1v) is 10.4. The van der Waals surface area contributed by atoms with Crippen LogP contribution in [0, 0.1) is 6.92 Å². The molecule has 2 N–H and O–H groups in total. The second-order valence-electron chi connectivity index (χ2n) is 6.15. The van der Waals surface area contributed by atoms with Gasteiger partial charge in [-0.05, 0) is 56.3 Å². The van der Waals surface area contributed by atoms with Crippen molar-refractivity contribution < 1.29 is 31.8 Å². The monoisotopic (exact) mass is 419 g/mol. The molecule has 0 atom stereocenters. The summed E-state index contributed by atoms with van der Waals surface area (Å²) in [5.41, 5.74) is 1.25. The van der Waals surface area contributed by atoms with Gasteiger partial charge in [0.25, 0.3) is 0 Å². The van der Waals surface area contributed by atoms with E-state index in [1.165, 1.54) is 24.3 Å². The molecule has 9 heteroatoms. The molecule has 0 fully saturated rings. The molecule has 0 radical (unpaired) electrons. The lowest BCUT2D eigenvalue weighted by Crippen LogP contribution is -2.13. The van der Waals surface area contributed by atoms with Gasteiger partial charge in [0.15, 0.2) is 0 Å². The molecule has 0 bridgehead atoms. The molecule has 154 valence electrons. The van der Waals surface area contributed by atoms with Gasteiger partial charge in [0.05, 0.1) is 11.5 Å². The summed E-state index contributed by atoms with van der Waals surface area (Å²) in [7, 11) is -3.75. The average Bonchev–Trinajstić information content (AvgIpc) is 3.01. The van der Waals surface area contributed by atoms with E-state index in [0.29, 0.717) is 29.3 Å². The van der Waals surface area contributed by atoms with Crippen molar-refractivity contribution >= 4 is 27.0 Å². The number of esters is 1. The van der Waals surface area contributed by atoms with Crippen LogP contribution in [0.5, 0.6) is 11.5 Å². The lowest BCUT2D eigenvalue weighted by atomic mass is 10.1. The Morgan fingerprint density at radius 2 is 1.72 bits per heavy atom. The molecule has 0 amide bonds. The molecule has 0 aliphatic heterocycles. The SMILES string of the molecule is CCOc1ccc2oc(C(=O)OCCOc3ccc(S(N)(=O)=O)cc3)c(C)c2c1. The van der Waals surface area contributed by atoms with E-state index < -0.39 is 16.0 Å². The molecule has 3 aromatic rings. The number of sulfonamides is 1. The molecule has 1 heterocycles. The summed E-state index contributed by atoms with van der Waals surface area (Å²) in [5, 5.41) is 5.82. The van der Waals surface area contributed by atoms with Crippen molar-refractivity contribution in [2.75, 3.05) is 19.8 Å². The maximum absolute atomic E-state index is 12.3. The zero-order chi connectivity index (χ0) is 21.0. The number of hydrogen-bond acceptors (Lipinski definition) is 7. The molecule has 8 nitrogen and oxygen atoms in total. The van der Waals surface area contributed by atoms with Gasteiger partial charge in [0.2, 0.25) is 15.8 Å². The van der Waals surface area contributed by atoms with Crippen LogP contribution in [-0.2, 0) is 14.8 Å². The van der Waals surface area contributed by atoms with E-state index in [-0.39, 0.29) is 23.9 Å². The van der Waals surface area contributed by atoms with E-state index in [4.69, 9.17) is 23.8 Å². The molecular formula is C20H21NO7S. The predicted molar refractivity (Wildman–Crippen MR) is 106 cm³/mol. The third kappa shape index (κ3) is 4.87. The molecular weight excluding hydrogens is 398 g/mol. The molecule has 1 aromatic heterocycles. The first-order chi connectivity index (χ1) is 13.8. The Bertz CT molecular complexity index is 1120. The van der Waals surface area contributed by atoms with Crippen LogP contribution in [0.3, 0.4) is 0 Å². The number of rotatable bonds is 8. The van der Waals surface area contributed by atoms with Crippen molar-refractivity contribution in [1.82, 2.24) is 0 Å². The summed E-state index contributed by atoms with van der Waals surface area (Å²) < 4.78 is 44.2. The van der Waals surface area contributed by atoms with Crippen LogP contribution in [0.2, 0.25) is 0 Å². The van der Waals surface area contributed by atoms with Crippen LogP contribution in [0.4, 0.5) is 0 Å². The number of nitrogens with two attached hydrogens (primary N) is 1. The van der Waals surface area contributed by atoms with E-state index in [9.17, 15) is 13.2 Å². The predicted octanol–water partition coefficient (Wildman–Crippen LogP) is 3.02. The van der Waals surface area contributed by atoms with Crippen molar-refractivity contribution in [1.29, 1.82) is 0 Å². The Morgan fingerprint density at radius 1 is 1.03 bits per heavy atom. The zero-order valence-corrected chi connectivity index (χ0v) is 16.8. The standard InChI is InChI=1S/C20H21NO7S/c1-3-25-15-6-9-18-17(12-15)13(2)19(28-18)20(22)27-11-10-26-14-4-7-16(8-5-14)29(21,23)24/h4-9,12H,3,10-11H2,1-2H3,(H2,21,23,24). The molecule has 0 spiro atoms. The summed E-state index contributed by atoms with van der Waals surface area (Å²) in [6, 6.07) is 11.0. The third-order valence-corrected chi connectivity index (χ3v) is 5.07. The fourth-order valence-electron chi connectivity index (χ4n) is 2.74. The second kappa shape index (κ2) is 8.54. The van der Waals surface area contributed by atoms with Gasteiger partial charge in [0.1, 0.15) is 30.3 Å². The number of furan rings is 1. The maximum atomic E-state index is 12.3. The van der Waals surface area contributed by atoms with E-state index in [1.54, 1.807) is 19.1 Å². The molecule has 2 aromatic carbocycles. The largest absolute Gasteiger partial charge is 0.494 e. The number of fused-ring (bicyclic) bond motifs is 1. The van der Waals surface area contributed by atoms with E-state index in [0.717, 1.165) is 5.39 Å². The second-order valence-corrected chi connectivity index (χ2v) is 7.71. The van der Waals surface area contributed by atoms with Crippen molar-refractivity contribution in [3.63, 3.8) is 0 Å². The molecule has 29 heavy (non-hydrogen) atoms. The quantitative estimate of drug-likeness (QED) is 0.440. The van der Waals surface area contributed by atoms with E-state index >= 15 is 0 Å². The summed E-state index contributed by atoms with van der Waals surface area (Å²) >= 11 is 0. The van der Waals surface area contributed by atoms with Gasteiger partial charge < -0.3 is 18.6 Å². The van der Waals surface area contributed by atoms with Gasteiger partial charge in [-0.25, -0.2) is 18.4 Å². The number of benzene rings is 2. The Labute approximate surface area is 168 Å². The van der Waals surface area contributed by atoms with Crippen LogP contribution >= 0.6 is 0 Å². The van der Waals surface area contributed by atoms with E-state index in [1.807, 2.05) is 13.0 Å². The highest BCUT2D eigenvalue weighted by molar-refractivity contribution is 7.89. The van der Waals surface area contributed by atoms with E-state index in [2.05, 4.69) is 0 Å².